The van der Waals surface area contributed by atoms with Gasteiger partial charge in [0.05, 0.1) is 13.2 Å². The lowest BCUT2D eigenvalue weighted by atomic mass is 10.2. The Balaban J connectivity index is 1.71. The molecular weight excluding hydrogens is 348 g/mol. The summed E-state index contributed by atoms with van der Waals surface area (Å²) in [5.74, 6) is 0.707. The normalized spacial score (nSPS) is 10.4. The molecule has 2 aromatic rings. The summed E-state index contributed by atoms with van der Waals surface area (Å²) in [5.41, 5.74) is 1.58. The van der Waals surface area contributed by atoms with Crippen molar-refractivity contribution in [3.05, 3.63) is 53.6 Å². The monoisotopic (exact) mass is 374 g/mol. The van der Waals surface area contributed by atoms with Crippen LogP contribution in [-0.2, 0) is 4.79 Å². The first kappa shape index (κ1) is 20.1. The number of anilines is 2. The van der Waals surface area contributed by atoms with Crippen LogP contribution in [0.15, 0.2) is 48.5 Å². The van der Waals surface area contributed by atoms with Gasteiger partial charge in [-0.3, -0.25) is 4.79 Å². The fourth-order valence-corrected chi connectivity index (χ4v) is 2.64. The third-order valence-electron chi connectivity index (χ3n) is 3.93. The molecule has 0 bridgehead atoms. The lowest BCUT2D eigenvalue weighted by Crippen LogP contribution is -2.21. The molecule has 4 nitrogen and oxygen atoms in total. The van der Waals surface area contributed by atoms with E-state index >= 15 is 0 Å². The summed E-state index contributed by atoms with van der Waals surface area (Å²) in [7, 11) is 0. The Bertz CT molecular complexity index is 674. The maximum atomic E-state index is 12.0. The quantitative estimate of drug-likeness (QED) is 0.493. The van der Waals surface area contributed by atoms with Crippen LogP contribution < -0.4 is 15.4 Å². The highest BCUT2D eigenvalue weighted by molar-refractivity contribution is 6.30. The van der Waals surface area contributed by atoms with E-state index in [2.05, 4.69) is 17.6 Å². The van der Waals surface area contributed by atoms with Crippen LogP contribution in [-0.4, -0.2) is 19.1 Å². The zero-order valence-corrected chi connectivity index (χ0v) is 16.0. The van der Waals surface area contributed by atoms with E-state index in [1.54, 1.807) is 24.3 Å². The molecule has 0 spiro atoms. The predicted octanol–water partition coefficient (Wildman–Crippen LogP) is 5.74. The summed E-state index contributed by atoms with van der Waals surface area (Å²) in [6, 6.07) is 14.7. The van der Waals surface area contributed by atoms with Crippen molar-refractivity contribution in [3.63, 3.8) is 0 Å². The zero-order chi connectivity index (χ0) is 18.6. The van der Waals surface area contributed by atoms with Crippen molar-refractivity contribution < 1.29 is 9.53 Å². The molecule has 0 aliphatic rings. The summed E-state index contributed by atoms with van der Waals surface area (Å²) < 4.78 is 5.79. The van der Waals surface area contributed by atoms with Gasteiger partial charge < -0.3 is 15.4 Å². The van der Waals surface area contributed by atoms with E-state index in [0.29, 0.717) is 5.02 Å². The second kappa shape index (κ2) is 11.4. The highest BCUT2D eigenvalue weighted by atomic mass is 35.5. The zero-order valence-electron chi connectivity index (χ0n) is 15.3. The second-order valence-electron chi connectivity index (χ2n) is 6.20. The molecule has 2 rings (SSSR count). The van der Waals surface area contributed by atoms with Gasteiger partial charge in [0, 0.05) is 22.5 Å². The number of nitrogens with one attached hydrogen (secondary N) is 2. The molecule has 5 heteroatoms. The largest absolute Gasteiger partial charge is 0.494 e. The van der Waals surface area contributed by atoms with Crippen LogP contribution >= 0.6 is 11.6 Å². The predicted molar refractivity (Wildman–Crippen MR) is 109 cm³/mol. The van der Waals surface area contributed by atoms with Gasteiger partial charge in [-0.05, 0) is 42.8 Å². The van der Waals surface area contributed by atoms with Crippen LogP contribution in [0.4, 0.5) is 11.4 Å². The Kier molecular flexibility index (Phi) is 8.84. The number of hydrogen-bond acceptors (Lipinski definition) is 3. The molecule has 0 fully saturated rings. The van der Waals surface area contributed by atoms with Gasteiger partial charge in [-0.1, -0.05) is 50.3 Å². The van der Waals surface area contributed by atoms with Gasteiger partial charge in [-0.2, -0.15) is 0 Å². The van der Waals surface area contributed by atoms with E-state index in [0.717, 1.165) is 30.2 Å². The van der Waals surface area contributed by atoms with Crippen molar-refractivity contribution in [2.45, 2.75) is 39.0 Å². The molecule has 0 aromatic heterocycles. The first-order chi connectivity index (χ1) is 12.7. The second-order valence-corrected chi connectivity index (χ2v) is 6.64. The van der Waals surface area contributed by atoms with E-state index < -0.39 is 0 Å². The Hall–Kier alpha value is -2.20. The van der Waals surface area contributed by atoms with E-state index in [4.69, 9.17) is 16.3 Å². The van der Waals surface area contributed by atoms with Crippen LogP contribution in [0.25, 0.3) is 0 Å². The number of halogens is 1. The number of benzene rings is 2. The third kappa shape index (κ3) is 7.79. The van der Waals surface area contributed by atoms with Crippen molar-refractivity contribution >= 4 is 28.9 Å². The van der Waals surface area contributed by atoms with E-state index in [9.17, 15) is 4.79 Å². The van der Waals surface area contributed by atoms with Crippen molar-refractivity contribution in [1.29, 1.82) is 0 Å². The molecule has 0 unspecified atom stereocenters. The van der Waals surface area contributed by atoms with Gasteiger partial charge in [0.25, 0.3) is 0 Å². The topological polar surface area (TPSA) is 50.4 Å². The molecule has 0 saturated heterocycles. The van der Waals surface area contributed by atoms with Crippen LogP contribution in [0.5, 0.6) is 5.75 Å². The molecule has 0 atom stereocenters. The van der Waals surface area contributed by atoms with Crippen molar-refractivity contribution in [2.24, 2.45) is 0 Å². The maximum Gasteiger partial charge on any atom is 0.243 e. The molecule has 1 amide bonds. The number of carbonyl (C=O) groups is 1. The summed E-state index contributed by atoms with van der Waals surface area (Å²) in [5, 5.41) is 6.58. The van der Waals surface area contributed by atoms with E-state index in [1.807, 2.05) is 24.3 Å². The summed E-state index contributed by atoms with van der Waals surface area (Å²) in [6.45, 7) is 3.12. The molecule has 0 aliphatic heterocycles. The molecule has 0 aliphatic carbocycles. The Labute approximate surface area is 160 Å². The molecule has 0 saturated carbocycles. The Morgan fingerprint density at radius 3 is 2.54 bits per heavy atom. The highest BCUT2D eigenvalue weighted by Gasteiger charge is 2.03. The smallest absolute Gasteiger partial charge is 0.243 e. The van der Waals surface area contributed by atoms with Crippen LogP contribution in [0.2, 0.25) is 5.02 Å². The molecule has 26 heavy (non-hydrogen) atoms. The van der Waals surface area contributed by atoms with E-state index in [-0.39, 0.29) is 12.5 Å². The molecule has 0 radical (unpaired) electrons. The molecular formula is C21H27ClN2O2. The number of hydrogen-bond donors (Lipinski definition) is 2. The molecule has 0 heterocycles. The maximum absolute atomic E-state index is 12.0. The van der Waals surface area contributed by atoms with Crippen molar-refractivity contribution in [1.82, 2.24) is 0 Å². The number of carbonyl (C=O) groups excluding carboxylic acids is 1. The first-order valence-corrected chi connectivity index (χ1v) is 9.57. The average Bonchev–Trinajstić information content (AvgIpc) is 2.65. The number of amides is 1. The molecule has 140 valence electrons. The van der Waals surface area contributed by atoms with E-state index in [1.165, 1.54) is 25.7 Å². The van der Waals surface area contributed by atoms with Gasteiger partial charge in [0.15, 0.2) is 0 Å². The standard InChI is InChI=1S/C21H27ClN2O2/c1-2-3-4-5-6-14-26-20-9-7-8-19(15-20)23-16-21(25)24-18-12-10-17(22)11-13-18/h7-13,15,23H,2-6,14,16H2,1H3,(H,24,25). The van der Waals surface area contributed by atoms with Crippen molar-refractivity contribution in [2.75, 3.05) is 23.8 Å². The lowest BCUT2D eigenvalue weighted by Gasteiger charge is -2.10. The first-order valence-electron chi connectivity index (χ1n) is 9.19. The molecule has 2 aromatic carbocycles. The summed E-state index contributed by atoms with van der Waals surface area (Å²) in [4.78, 5) is 12.0. The van der Waals surface area contributed by atoms with Crippen molar-refractivity contribution in [3.8, 4) is 5.75 Å². The Morgan fingerprint density at radius 2 is 1.77 bits per heavy atom. The third-order valence-corrected chi connectivity index (χ3v) is 4.18. The number of ether oxygens (including phenoxy) is 1. The van der Waals surface area contributed by atoms with Crippen LogP contribution in [0.1, 0.15) is 39.0 Å². The highest BCUT2D eigenvalue weighted by Crippen LogP contribution is 2.18. The lowest BCUT2D eigenvalue weighted by molar-refractivity contribution is -0.114. The van der Waals surface area contributed by atoms with Gasteiger partial charge >= 0.3 is 0 Å². The minimum Gasteiger partial charge on any atom is -0.494 e. The van der Waals surface area contributed by atoms with Gasteiger partial charge in [0.1, 0.15) is 5.75 Å². The van der Waals surface area contributed by atoms with Crippen LogP contribution in [0, 0.1) is 0 Å². The minimum absolute atomic E-state index is 0.116. The SMILES string of the molecule is CCCCCCCOc1cccc(NCC(=O)Nc2ccc(Cl)cc2)c1. The number of rotatable bonds is 11. The summed E-state index contributed by atoms with van der Waals surface area (Å²) in [6.07, 6.45) is 6.08. The summed E-state index contributed by atoms with van der Waals surface area (Å²) >= 11 is 5.84. The van der Waals surface area contributed by atoms with Gasteiger partial charge in [-0.15, -0.1) is 0 Å². The van der Waals surface area contributed by atoms with Gasteiger partial charge in [-0.25, -0.2) is 0 Å². The number of unbranched alkanes of at least 4 members (excludes halogenated alkanes) is 4. The molecule has 2 N–H and O–H groups in total. The Morgan fingerprint density at radius 1 is 1.00 bits per heavy atom. The average molecular weight is 375 g/mol. The van der Waals surface area contributed by atoms with Crippen LogP contribution in [0.3, 0.4) is 0 Å². The fourth-order valence-electron chi connectivity index (χ4n) is 2.51. The minimum atomic E-state index is -0.116. The fraction of sp³-hybridized carbons (Fsp3) is 0.381. The van der Waals surface area contributed by atoms with Gasteiger partial charge in [0.2, 0.25) is 5.91 Å².